The number of hydrogen-bond donors (Lipinski definition) is 0. The third-order valence-electron chi connectivity index (χ3n) is 6.31. The maximum Gasteiger partial charge on any atom is 0.325 e. The Bertz CT molecular complexity index is 980. The minimum absolute atomic E-state index is 0.106. The fourth-order valence-corrected chi connectivity index (χ4v) is 4.30. The van der Waals surface area contributed by atoms with Gasteiger partial charge in [0.25, 0.3) is 0 Å². The first kappa shape index (κ1) is 26.1. The first-order valence-corrected chi connectivity index (χ1v) is 11.8. The van der Waals surface area contributed by atoms with E-state index in [0.717, 1.165) is 11.1 Å². The number of ether oxygens (including phenoxy) is 3. The van der Waals surface area contributed by atoms with Crippen LogP contribution in [0.1, 0.15) is 30.4 Å². The second-order valence-electron chi connectivity index (χ2n) is 8.63. The Kier molecular flexibility index (Phi) is 9.52. The van der Waals surface area contributed by atoms with Crippen LogP contribution in [0.25, 0.3) is 0 Å². The third-order valence-corrected chi connectivity index (χ3v) is 6.31. The van der Waals surface area contributed by atoms with Crippen molar-refractivity contribution >= 4 is 17.8 Å². The molecule has 0 unspecified atom stereocenters. The van der Waals surface area contributed by atoms with E-state index in [1.807, 2.05) is 47.4 Å². The minimum atomic E-state index is -0.485. The zero-order chi connectivity index (χ0) is 25.2. The Balaban J connectivity index is 1.61. The van der Waals surface area contributed by atoms with Crippen LogP contribution in [-0.2, 0) is 32.1 Å². The van der Waals surface area contributed by atoms with Crippen molar-refractivity contribution in [2.45, 2.75) is 32.2 Å². The van der Waals surface area contributed by atoms with Gasteiger partial charge in [-0.3, -0.25) is 14.4 Å². The van der Waals surface area contributed by atoms with Gasteiger partial charge in [-0.25, -0.2) is 0 Å². The van der Waals surface area contributed by atoms with Crippen LogP contribution < -0.4 is 9.47 Å². The molecular weight excluding hydrogens is 448 g/mol. The van der Waals surface area contributed by atoms with Crippen molar-refractivity contribution in [1.82, 2.24) is 9.80 Å². The van der Waals surface area contributed by atoms with E-state index in [4.69, 9.17) is 14.2 Å². The highest BCUT2D eigenvalue weighted by molar-refractivity contribution is 5.84. The van der Waals surface area contributed by atoms with Crippen molar-refractivity contribution < 1.29 is 28.6 Å². The number of benzene rings is 2. The summed E-state index contributed by atoms with van der Waals surface area (Å²) in [7, 11) is 4.43. The van der Waals surface area contributed by atoms with Crippen molar-refractivity contribution in [3.8, 4) is 11.5 Å². The van der Waals surface area contributed by atoms with E-state index < -0.39 is 5.97 Å². The topological polar surface area (TPSA) is 85.4 Å². The van der Waals surface area contributed by atoms with Gasteiger partial charge in [-0.15, -0.1) is 0 Å². The zero-order valence-corrected chi connectivity index (χ0v) is 20.7. The molecule has 1 heterocycles. The largest absolute Gasteiger partial charge is 0.497 e. The third kappa shape index (κ3) is 7.47. The molecule has 0 radical (unpaired) electrons. The number of piperidine rings is 1. The number of amides is 2. The summed E-state index contributed by atoms with van der Waals surface area (Å²) in [4.78, 5) is 41.5. The summed E-state index contributed by atoms with van der Waals surface area (Å²) in [5, 5.41) is 0. The summed E-state index contributed by atoms with van der Waals surface area (Å²) in [6.45, 7) is 1.13. The summed E-state index contributed by atoms with van der Waals surface area (Å²) in [6.07, 6.45) is 2.29. The predicted molar refractivity (Wildman–Crippen MR) is 131 cm³/mol. The van der Waals surface area contributed by atoms with Gasteiger partial charge >= 0.3 is 5.97 Å². The average molecular weight is 483 g/mol. The Morgan fingerprint density at radius 1 is 0.914 bits per heavy atom. The molecule has 0 N–H and O–H groups in total. The number of carbonyl (C=O) groups is 3. The Hall–Kier alpha value is -3.55. The highest BCUT2D eigenvalue weighted by Gasteiger charge is 2.31. The fraction of sp³-hybridized carbons (Fsp3) is 0.444. The molecule has 188 valence electrons. The SMILES string of the molecule is COC(=O)CN(Cc1cc(OC)cc(OC)c1)C(=O)C1CCN(C(=O)CCc2ccccc2)CC1. The Morgan fingerprint density at radius 2 is 1.54 bits per heavy atom. The molecular formula is C27H34N2O6. The number of hydrogen-bond acceptors (Lipinski definition) is 6. The van der Waals surface area contributed by atoms with Crippen LogP contribution in [0.5, 0.6) is 11.5 Å². The lowest BCUT2D eigenvalue weighted by molar-refractivity contribution is -0.150. The molecule has 0 aromatic heterocycles. The highest BCUT2D eigenvalue weighted by Crippen LogP contribution is 2.26. The summed E-state index contributed by atoms with van der Waals surface area (Å²) < 4.78 is 15.5. The quantitative estimate of drug-likeness (QED) is 0.484. The summed E-state index contributed by atoms with van der Waals surface area (Å²) in [6, 6.07) is 15.3. The number of rotatable bonds is 10. The Labute approximate surface area is 206 Å². The van der Waals surface area contributed by atoms with Gasteiger partial charge in [0.05, 0.1) is 21.3 Å². The second kappa shape index (κ2) is 12.8. The van der Waals surface area contributed by atoms with E-state index in [1.165, 1.54) is 12.0 Å². The summed E-state index contributed by atoms with van der Waals surface area (Å²) >= 11 is 0. The van der Waals surface area contributed by atoms with Crippen molar-refractivity contribution in [1.29, 1.82) is 0 Å². The molecule has 0 atom stereocenters. The van der Waals surface area contributed by atoms with E-state index in [1.54, 1.807) is 20.3 Å². The Morgan fingerprint density at radius 3 is 2.11 bits per heavy atom. The number of methoxy groups -OCH3 is 3. The van der Waals surface area contributed by atoms with Crippen LogP contribution in [-0.4, -0.2) is 68.5 Å². The molecule has 0 aliphatic carbocycles. The lowest BCUT2D eigenvalue weighted by Gasteiger charge is -2.34. The number of aryl methyl sites for hydroxylation is 1. The lowest BCUT2D eigenvalue weighted by atomic mass is 9.94. The van der Waals surface area contributed by atoms with Gasteiger partial charge in [0.2, 0.25) is 11.8 Å². The molecule has 2 aromatic carbocycles. The molecule has 1 aliphatic rings. The smallest absolute Gasteiger partial charge is 0.325 e. The molecule has 8 heteroatoms. The summed E-state index contributed by atoms with van der Waals surface area (Å²) in [5.74, 6) is 0.453. The van der Waals surface area contributed by atoms with E-state index in [0.29, 0.717) is 50.3 Å². The fourth-order valence-electron chi connectivity index (χ4n) is 4.30. The molecule has 1 aliphatic heterocycles. The lowest BCUT2D eigenvalue weighted by Crippen LogP contribution is -2.45. The van der Waals surface area contributed by atoms with E-state index >= 15 is 0 Å². The molecule has 1 saturated heterocycles. The second-order valence-corrected chi connectivity index (χ2v) is 8.63. The van der Waals surface area contributed by atoms with Crippen LogP contribution in [0.3, 0.4) is 0 Å². The van der Waals surface area contributed by atoms with Crippen LogP contribution >= 0.6 is 0 Å². The predicted octanol–water partition coefficient (Wildman–Crippen LogP) is 3.08. The minimum Gasteiger partial charge on any atom is -0.497 e. The van der Waals surface area contributed by atoms with Crippen LogP contribution in [0, 0.1) is 5.92 Å². The highest BCUT2D eigenvalue weighted by atomic mass is 16.5. The first-order chi connectivity index (χ1) is 16.9. The van der Waals surface area contributed by atoms with Crippen molar-refractivity contribution in [3.63, 3.8) is 0 Å². The van der Waals surface area contributed by atoms with Gasteiger partial charge in [-0.1, -0.05) is 30.3 Å². The van der Waals surface area contributed by atoms with Gasteiger partial charge in [0, 0.05) is 38.0 Å². The van der Waals surface area contributed by atoms with Crippen molar-refractivity contribution in [3.05, 3.63) is 59.7 Å². The molecule has 3 rings (SSSR count). The standard InChI is InChI=1S/C27H34N2O6/c1-33-23-15-21(16-24(17-23)34-2)18-29(19-26(31)35-3)27(32)22-11-13-28(14-12-22)25(30)10-9-20-7-5-4-6-8-20/h4-8,15-17,22H,9-14,18-19H2,1-3H3. The van der Waals surface area contributed by atoms with E-state index in [2.05, 4.69) is 0 Å². The number of esters is 1. The van der Waals surface area contributed by atoms with Gasteiger partial charge < -0.3 is 24.0 Å². The summed E-state index contributed by atoms with van der Waals surface area (Å²) in [5.41, 5.74) is 1.92. The van der Waals surface area contributed by atoms with Gasteiger partial charge in [-0.05, 0) is 42.5 Å². The maximum atomic E-state index is 13.4. The van der Waals surface area contributed by atoms with Gasteiger partial charge in [0.15, 0.2) is 0 Å². The first-order valence-electron chi connectivity index (χ1n) is 11.8. The molecule has 0 bridgehead atoms. The van der Waals surface area contributed by atoms with Gasteiger partial charge in [0.1, 0.15) is 18.0 Å². The van der Waals surface area contributed by atoms with E-state index in [9.17, 15) is 14.4 Å². The van der Waals surface area contributed by atoms with Gasteiger partial charge in [-0.2, -0.15) is 0 Å². The van der Waals surface area contributed by atoms with Crippen molar-refractivity contribution in [2.75, 3.05) is 41.0 Å². The van der Waals surface area contributed by atoms with E-state index in [-0.39, 0.29) is 30.8 Å². The van der Waals surface area contributed by atoms with Crippen molar-refractivity contribution in [2.24, 2.45) is 5.92 Å². The molecule has 2 aromatic rings. The molecule has 2 amide bonds. The van der Waals surface area contributed by atoms with Crippen LogP contribution in [0.15, 0.2) is 48.5 Å². The molecule has 35 heavy (non-hydrogen) atoms. The molecule has 1 fully saturated rings. The van der Waals surface area contributed by atoms with Crippen LogP contribution in [0.4, 0.5) is 0 Å². The molecule has 8 nitrogen and oxygen atoms in total. The zero-order valence-electron chi connectivity index (χ0n) is 20.7. The number of carbonyl (C=O) groups excluding carboxylic acids is 3. The average Bonchev–Trinajstić information content (AvgIpc) is 2.91. The maximum absolute atomic E-state index is 13.4. The normalized spacial score (nSPS) is 13.7. The number of likely N-dealkylation sites (tertiary alicyclic amines) is 1. The molecule has 0 spiro atoms. The van der Waals surface area contributed by atoms with Crippen LogP contribution in [0.2, 0.25) is 0 Å². The number of nitrogens with zero attached hydrogens (tertiary/aromatic N) is 2. The monoisotopic (exact) mass is 482 g/mol. The molecule has 0 saturated carbocycles.